The van der Waals surface area contributed by atoms with Gasteiger partial charge in [-0.15, -0.1) is 0 Å². The van der Waals surface area contributed by atoms with Crippen molar-refractivity contribution in [3.8, 4) is 0 Å². The number of anilines is 1. The summed E-state index contributed by atoms with van der Waals surface area (Å²) in [5, 5.41) is 3.14. The van der Waals surface area contributed by atoms with E-state index in [1.807, 2.05) is 54.1 Å². The van der Waals surface area contributed by atoms with Crippen molar-refractivity contribution in [2.45, 2.75) is 45.1 Å². The molecule has 5 nitrogen and oxygen atoms in total. The first-order chi connectivity index (χ1) is 12.8. The quantitative estimate of drug-likeness (QED) is 0.526. The van der Waals surface area contributed by atoms with E-state index in [1.54, 1.807) is 21.4 Å². The van der Waals surface area contributed by atoms with Gasteiger partial charge in [-0.05, 0) is 54.9 Å². The largest absolute Gasteiger partial charge is 0.345 e. The maximum Gasteiger partial charge on any atom is 0.270 e. The Balaban J connectivity index is 1.44. The molecule has 3 aliphatic rings. The zero-order valence-electron chi connectivity index (χ0n) is 15.5. The molecular weight excluding hydrogens is 453 g/mol. The summed E-state index contributed by atoms with van der Waals surface area (Å²) in [6.45, 7) is 4.26. The molecule has 1 N–H and O–H groups in total. The Morgan fingerprint density at radius 3 is 2.59 bits per heavy atom. The van der Waals surface area contributed by atoms with Crippen molar-refractivity contribution >= 4 is 40.4 Å². The number of carbonyl (C=O) groups excluding carboxylic acids is 2. The molecule has 27 heavy (non-hydrogen) atoms. The number of hydrogen-bond donors (Lipinski definition) is 1. The van der Waals surface area contributed by atoms with Crippen molar-refractivity contribution in [2.75, 3.05) is 3.11 Å². The minimum absolute atomic E-state index is 0.0197. The molecule has 2 bridgehead atoms. The predicted molar refractivity (Wildman–Crippen MR) is 113 cm³/mol. The first kappa shape index (κ1) is 18.4. The van der Waals surface area contributed by atoms with Crippen LogP contribution in [0.2, 0.25) is 0 Å². The maximum absolute atomic E-state index is 12.7. The first-order valence-corrected chi connectivity index (χ1v) is 10.1. The molecule has 0 atom stereocenters. The van der Waals surface area contributed by atoms with Crippen molar-refractivity contribution in [1.82, 2.24) is 10.3 Å². The van der Waals surface area contributed by atoms with E-state index in [0.29, 0.717) is 23.2 Å². The normalized spacial score (nSPS) is 25.1. The van der Waals surface area contributed by atoms with Crippen LogP contribution in [0, 0.1) is 12.3 Å². The molecule has 1 heterocycles. The molecule has 0 spiro atoms. The summed E-state index contributed by atoms with van der Waals surface area (Å²) in [5.41, 5.74) is 3.54. The molecule has 0 saturated heterocycles. The number of amides is 2. The molecule has 1 aromatic carbocycles. The highest BCUT2D eigenvalue weighted by atomic mass is 127. The number of halogens is 1. The van der Waals surface area contributed by atoms with Gasteiger partial charge in [-0.25, -0.2) is 0 Å². The van der Waals surface area contributed by atoms with Gasteiger partial charge in [0.15, 0.2) is 0 Å². The van der Waals surface area contributed by atoms with Gasteiger partial charge in [-0.2, -0.15) is 0 Å². The summed E-state index contributed by atoms with van der Waals surface area (Å²) in [6.07, 6.45) is 5.07. The van der Waals surface area contributed by atoms with Gasteiger partial charge in [-0.3, -0.25) is 17.7 Å². The second kappa shape index (κ2) is 6.58. The van der Waals surface area contributed by atoms with E-state index in [0.717, 1.165) is 30.4 Å². The highest BCUT2D eigenvalue weighted by molar-refractivity contribution is 14.1. The Morgan fingerprint density at radius 1 is 1.22 bits per heavy atom. The SMILES string of the molecule is Cc1ccccc1CC(=O)N(I)c1ccnc(C(=O)NC23CC(C)(C2)C3)c1. The Bertz CT molecular complexity index is 907. The molecule has 5 rings (SSSR count). The summed E-state index contributed by atoms with van der Waals surface area (Å²) in [5.74, 6) is -0.190. The van der Waals surface area contributed by atoms with E-state index in [-0.39, 0.29) is 17.4 Å². The number of hydrogen-bond acceptors (Lipinski definition) is 3. The number of aromatic nitrogens is 1. The van der Waals surface area contributed by atoms with E-state index in [4.69, 9.17) is 0 Å². The summed E-state index contributed by atoms with van der Waals surface area (Å²) in [4.78, 5) is 29.5. The van der Waals surface area contributed by atoms with Crippen LogP contribution < -0.4 is 8.43 Å². The van der Waals surface area contributed by atoms with Crippen molar-refractivity contribution in [1.29, 1.82) is 0 Å². The number of carbonyl (C=O) groups is 2. The third-order valence-electron chi connectivity index (χ3n) is 5.70. The van der Waals surface area contributed by atoms with Crippen LogP contribution >= 0.6 is 22.9 Å². The number of aryl methyl sites for hydroxylation is 1. The lowest BCUT2D eigenvalue weighted by Crippen LogP contribution is -2.73. The monoisotopic (exact) mass is 475 g/mol. The van der Waals surface area contributed by atoms with Crippen LogP contribution in [-0.2, 0) is 11.2 Å². The fraction of sp³-hybridized carbons (Fsp3) is 0.381. The number of benzene rings is 1. The van der Waals surface area contributed by atoms with Crippen LogP contribution in [0.25, 0.3) is 0 Å². The number of rotatable bonds is 5. The fourth-order valence-electron chi connectivity index (χ4n) is 4.58. The average Bonchev–Trinajstić information content (AvgIpc) is 2.60. The van der Waals surface area contributed by atoms with Gasteiger partial charge < -0.3 is 5.32 Å². The lowest BCUT2D eigenvalue weighted by atomic mass is 9.40. The van der Waals surface area contributed by atoms with Gasteiger partial charge >= 0.3 is 0 Å². The molecule has 6 heteroatoms. The lowest BCUT2D eigenvalue weighted by Gasteiger charge is -2.69. The smallest absolute Gasteiger partial charge is 0.270 e. The summed E-state index contributed by atoms with van der Waals surface area (Å²) >= 11 is 1.99. The second-order valence-electron chi connectivity index (χ2n) is 8.25. The molecule has 3 saturated carbocycles. The summed E-state index contributed by atoms with van der Waals surface area (Å²) in [7, 11) is 0. The van der Waals surface area contributed by atoms with Crippen LogP contribution in [0.15, 0.2) is 42.6 Å². The van der Waals surface area contributed by atoms with E-state index in [1.165, 1.54) is 0 Å². The molecule has 0 unspecified atom stereocenters. The molecule has 1 aromatic heterocycles. The molecule has 2 amide bonds. The molecule has 0 radical (unpaired) electrons. The molecule has 2 aromatic rings. The Morgan fingerprint density at radius 2 is 1.93 bits per heavy atom. The molecule has 3 aliphatic carbocycles. The van der Waals surface area contributed by atoms with Gasteiger partial charge in [0.05, 0.1) is 35.0 Å². The predicted octanol–water partition coefficient (Wildman–Crippen LogP) is 3.99. The fourth-order valence-corrected chi connectivity index (χ4v) is 5.05. The highest BCUT2D eigenvalue weighted by Gasteiger charge is 2.65. The number of nitrogens with one attached hydrogen (secondary N) is 1. The number of pyridine rings is 1. The first-order valence-electron chi connectivity index (χ1n) is 9.11. The number of nitrogens with zero attached hydrogens (tertiary/aromatic N) is 2. The maximum atomic E-state index is 12.7. The molecular formula is C21H22IN3O2. The zero-order chi connectivity index (χ0) is 19.2. The third kappa shape index (κ3) is 3.47. The van der Waals surface area contributed by atoms with Crippen molar-refractivity contribution < 1.29 is 9.59 Å². The van der Waals surface area contributed by atoms with Gasteiger partial charge in [0.2, 0.25) is 5.91 Å². The highest BCUT2D eigenvalue weighted by Crippen LogP contribution is 2.66. The minimum atomic E-state index is -0.158. The Kier molecular flexibility index (Phi) is 4.49. The summed E-state index contributed by atoms with van der Waals surface area (Å²) < 4.78 is 1.56. The van der Waals surface area contributed by atoms with Gasteiger partial charge in [0.1, 0.15) is 5.69 Å². The Hall–Kier alpha value is -1.96. The standard InChI is InChI=1S/C21H22IN3O2/c1-14-5-3-4-6-15(14)9-18(26)25(22)16-7-8-23-17(10-16)19(27)24-21-11-20(2,12-21)13-21/h3-8,10H,9,11-13H2,1-2H3,(H,24,27). The average molecular weight is 475 g/mol. The Labute approximate surface area is 173 Å². The zero-order valence-corrected chi connectivity index (χ0v) is 17.6. The summed E-state index contributed by atoms with van der Waals surface area (Å²) in [6, 6.07) is 11.3. The lowest BCUT2D eigenvalue weighted by molar-refractivity contribution is -0.132. The van der Waals surface area contributed by atoms with Crippen molar-refractivity contribution in [3.05, 3.63) is 59.4 Å². The van der Waals surface area contributed by atoms with E-state index >= 15 is 0 Å². The van der Waals surface area contributed by atoms with Gasteiger partial charge in [0, 0.05) is 11.7 Å². The van der Waals surface area contributed by atoms with Crippen LogP contribution in [0.5, 0.6) is 0 Å². The van der Waals surface area contributed by atoms with Crippen LogP contribution in [0.1, 0.15) is 47.8 Å². The van der Waals surface area contributed by atoms with E-state index in [9.17, 15) is 9.59 Å². The molecule has 0 aliphatic heterocycles. The molecule has 140 valence electrons. The van der Waals surface area contributed by atoms with E-state index < -0.39 is 0 Å². The van der Waals surface area contributed by atoms with Gasteiger partial charge in [-0.1, -0.05) is 31.2 Å². The minimum Gasteiger partial charge on any atom is -0.345 e. The van der Waals surface area contributed by atoms with Crippen LogP contribution in [0.4, 0.5) is 5.69 Å². The van der Waals surface area contributed by atoms with Crippen molar-refractivity contribution in [2.24, 2.45) is 5.41 Å². The van der Waals surface area contributed by atoms with Crippen LogP contribution in [-0.4, -0.2) is 22.3 Å². The second-order valence-corrected chi connectivity index (χ2v) is 9.22. The van der Waals surface area contributed by atoms with Crippen molar-refractivity contribution in [3.63, 3.8) is 0 Å². The topological polar surface area (TPSA) is 62.3 Å². The van der Waals surface area contributed by atoms with E-state index in [2.05, 4.69) is 17.2 Å². The van der Waals surface area contributed by atoms with Crippen LogP contribution in [0.3, 0.4) is 0 Å². The molecule has 3 fully saturated rings. The van der Waals surface area contributed by atoms with Gasteiger partial charge in [0.25, 0.3) is 5.91 Å². The third-order valence-corrected chi connectivity index (χ3v) is 6.79.